The molecule has 0 heteroatoms. The lowest BCUT2D eigenvalue weighted by Crippen LogP contribution is -1.80. The average molecular weight is 146 g/mol. The zero-order chi connectivity index (χ0) is 7.68. The van der Waals surface area contributed by atoms with E-state index in [1.165, 1.54) is 12.8 Å². The normalized spacial score (nSPS) is 28.5. The third-order valence-electron chi connectivity index (χ3n) is 2.67. The maximum Gasteiger partial charge on any atom is -0.0131 e. The Bertz CT molecular complexity index is 225. The number of hydrogen-bond acceptors (Lipinski definition) is 0. The van der Waals surface area contributed by atoms with Gasteiger partial charge in [0.2, 0.25) is 0 Å². The molecule has 0 radical (unpaired) electrons. The second-order valence-corrected chi connectivity index (χ2v) is 3.42. The van der Waals surface area contributed by atoms with Crippen LogP contribution in [0.25, 0.3) is 0 Å². The summed E-state index contributed by atoms with van der Waals surface area (Å²) in [5.74, 6) is 1.87. The molecule has 0 saturated heterocycles. The van der Waals surface area contributed by atoms with Crippen LogP contribution in [0.3, 0.4) is 0 Å². The van der Waals surface area contributed by atoms with E-state index in [0.717, 1.165) is 11.8 Å². The Balaban J connectivity index is 2.09. The zero-order valence-electron chi connectivity index (χ0n) is 6.96. The molecule has 0 heterocycles. The Morgan fingerprint density at radius 2 is 2.00 bits per heavy atom. The summed E-state index contributed by atoms with van der Waals surface area (Å²) in [5.41, 5.74) is 1.54. The van der Waals surface area contributed by atoms with Crippen LogP contribution in [-0.2, 0) is 0 Å². The van der Waals surface area contributed by atoms with E-state index >= 15 is 0 Å². The van der Waals surface area contributed by atoms with E-state index < -0.39 is 0 Å². The van der Waals surface area contributed by atoms with E-state index in [1.54, 1.807) is 5.56 Å². The Morgan fingerprint density at radius 1 is 1.27 bits per heavy atom. The largest absolute Gasteiger partial charge is 0.0651 e. The maximum absolute atomic E-state index is 2.29. The van der Waals surface area contributed by atoms with Gasteiger partial charge >= 0.3 is 0 Å². The quantitative estimate of drug-likeness (QED) is 0.601. The van der Waals surface area contributed by atoms with Gasteiger partial charge in [-0.1, -0.05) is 43.7 Å². The first-order valence-electron chi connectivity index (χ1n) is 4.46. The van der Waals surface area contributed by atoms with Crippen LogP contribution in [-0.4, -0.2) is 0 Å². The molecule has 1 aliphatic carbocycles. The van der Waals surface area contributed by atoms with Crippen molar-refractivity contribution < 1.29 is 0 Å². The van der Waals surface area contributed by atoms with Crippen molar-refractivity contribution in [2.75, 3.05) is 0 Å². The Hall–Kier alpha value is -0.780. The summed E-state index contributed by atoms with van der Waals surface area (Å²) in [6.45, 7) is 2.29. The molecule has 0 unspecified atom stereocenters. The van der Waals surface area contributed by atoms with Gasteiger partial charge in [-0.15, -0.1) is 0 Å². The second-order valence-electron chi connectivity index (χ2n) is 3.42. The van der Waals surface area contributed by atoms with Gasteiger partial charge in [0.25, 0.3) is 0 Å². The average Bonchev–Trinajstić information content (AvgIpc) is 2.85. The molecule has 0 bridgehead atoms. The van der Waals surface area contributed by atoms with E-state index in [-0.39, 0.29) is 0 Å². The van der Waals surface area contributed by atoms with Gasteiger partial charge in [-0.25, -0.2) is 0 Å². The highest BCUT2D eigenvalue weighted by atomic mass is 14.4. The molecule has 58 valence electrons. The third kappa shape index (κ3) is 1.30. The molecule has 0 nitrogen and oxygen atoms in total. The predicted octanol–water partition coefficient (Wildman–Crippen LogP) is 3.20. The van der Waals surface area contributed by atoms with Crippen LogP contribution in [0.15, 0.2) is 30.3 Å². The second kappa shape index (κ2) is 2.69. The fourth-order valence-corrected chi connectivity index (χ4v) is 1.81. The Kier molecular flexibility index (Phi) is 1.69. The molecule has 11 heavy (non-hydrogen) atoms. The molecule has 0 amide bonds. The van der Waals surface area contributed by atoms with Crippen molar-refractivity contribution in [1.82, 2.24) is 0 Å². The maximum atomic E-state index is 2.29. The summed E-state index contributed by atoms with van der Waals surface area (Å²) in [4.78, 5) is 0. The molecule has 0 spiro atoms. The molecular weight excluding hydrogens is 132 g/mol. The van der Waals surface area contributed by atoms with Crippen LogP contribution < -0.4 is 0 Å². The first-order chi connectivity index (χ1) is 5.42. The van der Waals surface area contributed by atoms with Gasteiger partial charge in [0.15, 0.2) is 0 Å². The molecule has 0 N–H and O–H groups in total. The smallest absolute Gasteiger partial charge is 0.0131 e. The molecule has 0 aliphatic heterocycles. The van der Waals surface area contributed by atoms with Gasteiger partial charge in [0, 0.05) is 0 Å². The Morgan fingerprint density at radius 3 is 2.55 bits per heavy atom. The Labute approximate surface area is 68.3 Å². The lowest BCUT2D eigenvalue weighted by atomic mass is 10.1. The van der Waals surface area contributed by atoms with E-state index in [4.69, 9.17) is 0 Å². The molecule has 1 aliphatic rings. The van der Waals surface area contributed by atoms with Gasteiger partial charge in [-0.3, -0.25) is 0 Å². The van der Waals surface area contributed by atoms with Crippen LogP contribution in [0.2, 0.25) is 0 Å². The van der Waals surface area contributed by atoms with Gasteiger partial charge in [-0.05, 0) is 23.8 Å². The fraction of sp³-hybridized carbons (Fsp3) is 0.455. The van der Waals surface area contributed by atoms with E-state index in [1.807, 2.05) is 0 Å². The van der Waals surface area contributed by atoms with Crippen LogP contribution in [0.5, 0.6) is 0 Å². The first kappa shape index (κ1) is 6.90. The molecule has 2 rings (SSSR count). The molecular formula is C11H14. The standard InChI is InChI=1S/C11H14/c1-2-9-8-11(9)10-6-4-3-5-7-10/h3-7,9,11H,2,8H2,1H3/t9-,11-/m0/s1. The third-order valence-corrected chi connectivity index (χ3v) is 2.67. The van der Waals surface area contributed by atoms with Crippen molar-refractivity contribution in [1.29, 1.82) is 0 Å². The molecule has 1 fully saturated rings. The van der Waals surface area contributed by atoms with Crippen LogP contribution in [0.1, 0.15) is 31.2 Å². The minimum atomic E-state index is 0.890. The lowest BCUT2D eigenvalue weighted by molar-refractivity contribution is 0.766. The van der Waals surface area contributed by atoms with E-state index in [0.29, 0.717) is 0 Å². The summed E-state index contributed by atoms with van der Waals surface area (Å²) in [6.07, 6.45) is 2.76. The van der Waals surface area contributed by atoms with Crippen molar-refractivity contribution in [3.63, 3.8) is 0 Å². The van der Waals surface area contributed by atoms with Gasteiger partial charge < -0.3 is 0 Å². The summed E-state index contributed by atoms with van der Waals surface area (Å²) in [5, 5.41) is 0. The minimum absolute atomic E-state index is 0.890. The van der Waals surface area contributed by atoms with Gasteiger partial charge in [0.05, 0.1) is 0 Å². The summed E-state index contributed by atoms with van der Waals surface area (Å²) in [7, 11) is 0. The van der Waals surface area contributed by atoms with Gasteiger partial charge in [0.1, 0.15) is 0 Å². The first-order valence-corrected chi connectivity index (χ1v) is 4.46. The summed E-state index contributed by atoms with van der Waals surface area (Å²) in [6, 6.07) is 10.9. The SMILES string of the molecule is CC[C@H]1C[C@@H]1c1ccccc1. The topological polar surface area (TPSA) is 0 Å². The fourth-order valence-electron chi connectivity index (χ4n) is 1.81. The number of benzene rings is 1. The highest BCUT2D eigenvalue weighted by Gasteiger charge is 2.35. The highest BCUT2D eigenvalue weighted by molar-refractivity contribution is 5.25. The van der Waals surface area contributed by atoms with Crippen LogP contribution >= 0.6 is 0 Å². The van der Waals surface area contributed by atoms with Crippen molar-refractivity contribution in [2.24, 2.45) is 5.92 Å². The van der Waals surface area contributed by atoms with Crippen molar-refractivity contribution >= 4 is 0 Å². The molecule has 1 aromatic rings. The summed E-state index contributed by atoms with van der Waals surface area (Å²) >= 11 is 0. The number of rotatable bonds is 2. The van der Waals surface area contributed by atoms with Crippen molar-refractivity contribution in [3.8, 4) is 0 Å². The zero-order valence-corrected chi connectivity index (χ0v) is 6.96. The minimum Gasteiger partial charge on any atom is -0.0651 e. The highest BCUT2D eigenvalue weighted by Crippen LogP contribution is 2.49. The summed E-state index contributed by atoms with van der Waals surface area (Å²) < 4.78 is 0. The monoisotopic (exact) mass is 146 g/mol. The van der Waals surface area contributed by atoms with E-state index in [2.05, 4.69) is 37.3 Å². The molecule has 1 saturated carbocycles. The number of hydrogen-bond donors (Lipinski definition) is 0. The molecule has 1 aromatic carbocycles. The lowest BCUT2D eigenvalue weighted by Gasteiger charge is -1.96. The predicted molar refractivity (Wildman–Crippen MR) is 47.6 cm³/mol. The van der Waals surface area contributed by atoms with Gasteiger partial charge in [-0.2, -0.15) is 0 Å². The molecule has 0 aromatic heterocycles. The van der Waals surface area contributed by atoms with Crippen LogP contribution in [0, 0.1) is 5.92 Å². The van der Waals surface area contributed by atoms with Crippen LogP contribution in [0.4, 0.5) is 0 Å². The van der Waals surface area contributed by atoms with Crippen molar-refractivity contribution in [2.45, 2.75) is 25.7 Å². The molecule has 2 atom stereocenters. The van der Waals surface area contributed by atoms with Crippen molar-refractivity contribution in [3.05, 3.63) is 35.9 Å². The van der Waals surface area contributed by atoms with E-state index in [9.17, 15) is 0 Å².